The molecule has 0 aromatic heterocycles. The molecule has 0 aliphatic rings. The molecule has 2 rings (SSSR count). The van der Waals surface area contributed by atoms with E-state index in [-0.39, 0.29) is 31.6 Å². The number of ether oxygens (including phenoxy) is 2. The van der Waals surface area contributed by atoms with E-state index < -0.39 is 23.8 Å². The van der Waals surface area contributed by atoms with Crippen LogP contribution in [0.4, 0.5) is 13.2 Å². The molecule has 0 radical (unpaired) electrons. The molecule has 0 fully saturated rings. The minimum absolute atomic E-state index is 0.169. The summed E-state index contributed by atoms with van der Waals surface area (Å²) in [6, 6.07) is 11.5. The Morgan fingerprint density at radius 1 is 1.00 bits per heavy atom. The van der Waals surface area contributed by atoms with Crippen LogP contribution < -0.4 is 4.74 Å². The normalized spacial score (nSPS) is 13.2. The summed E-state index contributed by atoms with van der Waals surface area (Å²) in [4.78, 5) is 25.6. The number of benzene rings is 2. The van der Waals surface area contributed by atoms with E-state index in [1.54, 1.807) is 38.1 Å². The second-order valence-corrected chi connectivity index (χ2v) is 7.69. The molecule has 2 atom stereocenters. The highest BCUT2D eigenvalue weighted by molar-refractivity contribution is 5.77. The highest BCUT2D eigenvalue weighted by Gasteiger charge is 2.30. The van der Waals surface area contributed by atoms with E-state index >= 15 is 0 Å². The van der Waals surface area contributed by atoms with E-state index in [0.717, 1.165) is 17.7 Å². The smallest absolute Gasteiger partial charge is 0.416 e. The lowest BCUT2D eigenvalue weighted by Gasteiger charge is -2.23. The van der Waals surface area contributed by atoms with E-state index in [2.05, 4.69) is 0 Å². The minimum atomic E-state index is -4.41. The number of alkyl halides is 3. The average Bonchev–Trinajstić information content (AvgIpc) is 2.81. The zero-order chi connectivity index (χ0) is 25.3. The molecule has 0 aliphatic carbocycles. The van der Waals surface area contributed by atoms with Crippen molar-refractivity contribution in [3.8, 4) is 5.75 Å². The predicted molar refractivity (Wildman–Crippen MR) is 121 cm³/mol. The second kappa shape index (κ2) is 12.4. The van der Waals surface area contributed by atoms with Gasteiger partial charge >= 0.3 is 12.1 Å². The lowest BCUT2D eigenvalue weighted by Crippen LogP contribution is -2.34. The molecule has 2 aromatic rings. The van der Waals surface area contributed by atoms with Crippen molar-refractivity contribution in [1.82, 2.24) is 4.90 Å². The summed E-state index contributed by atoms with van der Waals surface area (Å²) >= 11 is 0. The molecule has 0 saturated carbocycles. The maximum Gasteiger partial charge on any atom is 0.416 e. The first-order valence-electron chi connectivity index (χ1n) is 11.1. The quantitative estimate of drug-likeness (QED) is 0.456. The molecule has 1 N–H and O–H groups in total. The first kappa shape index (κ1) is 27.2. The van der Waals surface area contributed by atoms with Crippen molar-refractivity contribution in [1.29, 1.82) is 0 Å². The Labute approximate surface area is 197 Å². The summed E-state index contributed by atoms with van der Waals surface area (Å²) in [5, 5.41) is 9.46. The molecule has 0 spiro atoms. The van der Waals surface area contributed by atoms with Crippen LogP contribution in [0, 0.1) is 0 Å². The molecule has 2 aromatic carbocycles. The molecule has 0 aliphatic heterocycles. The van der Waals surface area contributed by atoms with E-state index in [9.17, 15) is 27.9 Å². The van der Waals surface area contributed by atoms with Crippen molar-refractivity contribution < 1.29 is 37.3 Å². The molecule has 9 heteroatoms. The molecule has 1 unspecified atom stereocenters. The molecule has 0 saturated heterocycles. The maximum atomic E-state index is 12.7. The Morgan fingerprint density at radius 3 is 2.09 bits per heavy atom. The van der Waals surface area contributed by atoms with Crippen LogP contribution in [-0.2, 0) is 27.0 Å². The van der Waals surface area contributed by atoms with Crippen molar-refractivity contribution in [3.05, 3.63) is 65.2 Å². The Hall–Kier alpha value is -3.07. The van der Waals surface area contributed by atoms with Gasteiger partial charge in [-0.15, -0.1) is 0 Å². The number of halogens is 3. The molecular formula is C25H30F3NO5. The fourth-order valence-corrected chi connectivity index (χ4v) is 3.61. The molecule has 1 amide bonds. The van der Waals surface area contributed by atoms with Gasteiger partial charge in [-0.2, -0.15) is 13.2 Å². The second-order valence-electron chi connectivity index (χ2n) is 7.69. The van der Waals surface area contributed by atoms with Crippen molar-refractivity contribution in [2.24, 2.45) is 0 Å². The number of amides is 1. The van der Waals surface area contributed by atoms with Gasteiger partial charge < -0.3 is 19.5 Å². The summed E-state index contributed by atoms with van der Waals surface area (Å²) in [7, 11) is 0. The Morgan fingerprint density at radius 2 is 1.62 bits per heavy atom. The average molecular weight is 482 g/mol. The van der Waals surface area contributed by atoms with Crippen molar-refractivity contribution in [2.45, 2.75) is 51.9 Å². The van der Waals surface area contributed by atoms with Crippen molar-refractivity contribution >= 4 is 11.9 Å². The van der Waals surface area contributed by atoms with Crippen LogP contribution in [0.2, 0.25) is 0 Å². The molecule has 34 heavy (non-hydrogen) atoms. The lowest BCUT2D eigenvalue weighted by atomic mass is 9.91. The number of aliphatic carboxylic acids is 1. The summed E-state index contributed by atoms with van der Waals surface area (Å²) in [5.74, 6) is -1.21. The van der Waals surface area contributed by atoms with Crippen LogP contribution >= 0.6 is 0 Å². The van der Waals surface area contributed by atoms with E-state index in [1.807, 2.05) is 6.92 Å². The number of hydrogen-bond acceptors (Lipinski definition) is 4. The number of carbonyl (C=O) groups excluding carboxylic acids is 1. The molecule has 0 bridgehead atoms. The van der Waals surface area contributed by atoms with E-state index in [0.29, 0.717) is 24.3 Å². The first-order valence-corrected chi connectivity index (χ1v) is 11.1. The maximum absolute atomic E-state index is 12.7. The monoisotopic (exact) mass is 481 g/mol. The fraction of sp³-hybridized carbons (Fsp3) is 0.440. The molecule has 6 nitrogen and oxygen atoms in total. The van der Waals surface area contributed by atoms with Crippen LogP contribution in [-0.4, -0.2) is 47.7 Å². The summed E-state index contributed by atoms with van der Waals surface area (Å²) in [5.41, 5.74) is 0.638. The number of carbonyl (C=O) groups is 2. The van der Waals surface area contributed by atoms with Gasteiger partial charge in [0, 0.05) is 25.6 Å². The largest absolute Gasteiger partial charge is 0.484 e. The molecule has 0 heterocycles. The van der Waals surface area contributed by atoms with Crippen molar-refractivity contribution in [2.75, 3.05) is 19.8 Å². The third kappa shape index (κ3) is 7.48. The number of hydrogen-bond donors (Lipinski definition) is 1. The number of likely N-dealkylation sites (N-methyl/N-ethyl adjacent to an activating group) is 1. The number of nitrogens with zero attached hydrogens (tertiary/aromatic N) is 1. The predicted octanol–water partition coefficient (Wildman–Crippen LogP) is 5.12. The van der Waals surface area contributed by atoms with Crippen LogP contribution in [0.5, 0.6) is 5.75 Å². The van der Waals surface area contributed by atoms with Gasteiger partial charge in [-0.25, -0.2) is 4.79 Å². The van der Waals surface area contributed by atoms with Gasteiger partial charge in [0.15, 0.2) is 12.7 Å². The minimum Gasteiger partial charge on any atom is -0.484 e. The van der Waals surface area contributed by atoms with Gasteiger partial charge in [0.25, 0.3) is 5.91 Å². The van der Waals surface area contributed by atoms with Gasteiger partial charge in [-0.3, -0.25) is 4.79 Å². The molecule has 186 valence electrons. The Bertz CT molecular complexity index is 929. The highest BCUT2D eigenvalue weighted by Crippen LogP contribution is 2.29. The van der Waals surface area contributed by atoms with Gasteiger partial charge in [-0.05, 0) is 55.7 Å². The summed E-state index contributed by atoms with van der Waals surface area (Å²) in [6.45, 7) is 6.00. The SMILES string of the molecule is CCO[C@H](C(=O)O)C(CC)c1ccc(OCC(=O)N(CC)Cc2ccc(C(F)(F)F)cc2)cc1. The van der Waals surface area contributed by atoms with Crippen LogP contribution in [0.25, 0.3) is 0 Å². The standard InChI is InChI=1S/C25H30F3NO5/c1-4-21(23(24(31)32)33-6-3)18-9-13-20(14-10-18)34-16-22(30)29(5-2)15-17-7-11-19(12-8-17)25(26,27)28/h7-14,21,23H,4-6,15-16H2,1-3H3,(H,31,32)/t21?,23-/m0/s1. The van der Waals surface area contributed by atoms with Crippen LogP contribution in [0.1, 0.15) is 49.8 Å². The number of rotatable bonds is 12. The van der Waals surface area contributed by atoms with Gasteiger partial charge in [0.05, 0.1) is 5.56 Å². The molecular weight excluding hydrogens is 451 g/mol. The lowest BCUT2D eigenvalue weighted by molar-refractivity contribution is -0.151. The van der Waals surface area contributed by atoms with Crippen LogP contribution in [0.3, 0.4) is 0 Å². The first-order chi connectivity index (χ1) is 16.1. The number of carboxylic acid groups (broad SMARTS) is 1. The fourth-order valence-electron chi connectivity index (χ4n) is 3.61. The Kier molecular flexibility index (Phi) is 9.92. The Balaban J connectivity index is 1.98. The number of carboxylic acids is 1. The third-order valence-corrected chi connectivity index (χ3v) is 5.45. The van der Waals surface area contributed by atoms with Gasteiger partial charge in [0.1, 0.15) is 5.75 Å². The summed E-state index contributed by atoms with van der Waals surface area (Å²) in [6.07, 6.45) is -4.78. The van der Waals surface area contributed by atoms with Crippen LogP contribution in [0.15, 0.2) is 48.5 Å². The zero-order valence-electron chi connectivity index (χ0n) is 19.5. The third-order valence-electron chi connectivity index (χ3n) is 5.45. The van der Waals surface area contributed by atoms with E-state index in [4.69, 9.17) is 9.47 Å². The van der Waals surface area contributed by atoms with Gasteiger partial charge in [-0.1, -0.05) is 31.2 Å². The van der Waals surface area contributed by atoms with E-state index in [1.165, 1.54) is 17.0 Å². The topological polar surface area (TPSA) is 76.1 Å². The highest BCUT2D eigenvalue weighted by atomic mass is 19.4. The zero-order valence-corrected chi connectivity index (χ0v) is 19.5. The van der Waals surface area contributed by atoms with Gasteiger partial charge in [0.2, 0.25) is 0 Å². The van der Waals surface area contributed by atoms with Crippen molar-refractivity contribution in [3.63, 3.8) is 0 Å². The summed E-state index contributed by atoms with van der Waals surface area (Å²) < 4.78 is 49.2.